The van der Waals surface area contributed by atoms with Crippen molar-refractivity contribution in [2.45, 2.75) is 32.9 Å². The van der Waals surface area contributed by atoms with Crippen molar-refractivity contribution in [1.29, 1.82) is 0 Å². The number of amides is 2. The molecule has 1 aliphatic rings. The standard InChI is InChI=1S/C19H21ClN6O2/c1-10(2)15-9-26-17(19(28)23-15)16(24-25-26)18(27)21-6-5-11-8-22-14-4-3-12(20)7-13(11)14/h3-4,7-8,10,15,22H,5-6,9H2,1-2H3,(H,21,27)(H,23,28)/t15-/m1/s1. The summed E-state index contributed by atoms with van der Waals surface area (Å²) in [5.74, 6) is -0.452. The molecule has 9 heteroatoms. The smallest absolute Gasteiger partial charge is 0.274 e. The molecule has 3 N–H and O–H groups in total. The van der Waals surface area contributed by atoms with Gasteiger partial charge in [0.15, 0.2) is 11.4 Å². The van der Waals surface area contributed by atoms with Crippen LogP contribution in [0.2, 0.25) is 5.02 Å². The van der Waals surface area contributed by atoms with Gasteiger partial charge in [0.25, 0.3) is 11.8 Å². The third kappa shape index (κ3) is 3.35. The largest absolute Gasteiger partial charge is 0.361 e. The number of H-pyrrole nitrogens is 1. The van der Waals surface area contributed by atoms with Crippen LogP contribution in [0.25, 0.3) is 10.9 Å². The van der Waals surface area contributed by atoms with Gasteiger partial charge in [-0.2, -0.15) is 0 Å². The zero-order chi connectivity index (χ0) is 19.8. The van der Waals surface area contributed by atoms with Gasteiger partial charge in [-0.15, -0.1) is 5.10 Å². The van der Waals surface area contributed by atoms with Crippen LogP contribution < -0.4 is 10.6 Å². The number of carbonyl (C=O) groups excluding carboxylic acids is 2. The molecule has 1 aromatic carbocycles. The van der Waals surface area contributed by atoms with Gasteiger partial charge >= 0.3 is 0 Å². The maximum atomic E-state index is 12.5. The molecule has 8 nitrogen and oxygen atoms in total. The number of benzene rings is 1. The minimum Gasteiger partial charge on any atom is -0.361 e. The average molecular weight is 401 g/mol. The second-order valence-electron chi connectivity index (χ2n) is 7.30. The lowest BCUT2D eigenvalue weighted by Gasteiger charge is -2.27. The van der Waals surface area contributed by atoms with Gasteiger partial charge < -0.3 is 15.6 Å². The highest BCUT2D eigenvalue weighted by Gasteiger charge is 2.32. The first-order valence-corrected chi connectivity index (χ1v) is 9.60. The molecule has 4 rings (SSSR count). The fourth-order valence-electron chi connectivity index (χ4n) is 3.42. The van der Waals surface area contributed by atoms with Crippen LogP contribution in [0.5, 0.6) is 0 Å². The van der Waals surface area contributed by atoms with Crippen molar-refractivity contribution in [2.24, 2.45) is 5.92 Å². The number of aromatic amines is 1. The molecule has 0 saturated carbocycles. The molecule has 1 aliphatic heterocycles. The average Bonchev–Trinajstić information content (AvgIpc) is 3.26. The second-order valence-corrected chi connectivity index (χ2v) is 7.74. The van der Waals surface area contributed by atoms with Gasteiger partial charge in [0.05, 0.1) is 12.6 Å². The van der Waals surface area contributed by atoms with Crippen molar-refractivity contribution in [2.75, 3.05) is 6.54 Å². The molecular weight excluding hydrogens is 380 g/mol. The van der Waals surface area contributed by atoms with E-state index < -0.39 is 5.91 Å². The van der Waals surface area contributed by atoms with Crippen LogP contribution in [0.15, 0.2) is 24.4 Å². The van der Waals surface area contributed by atoms with Gasteiger partial charge in [0.1, 0.15) is 0 Å². The molecule has 146 valence electrons. The van der Waals surface area contributed by atoms with Crippen molar-refractivity contribution >= 4 is 34.3 Å². The van der Waals surface area contributed by atoms with Gasteiger partial charge in [0, 0.05) is 28.7 Å². The highest BCUT2D eigenvalue weighted by molar-refractivity contribution is 6.31. The summed E-state index contributed by atoms with van der Waals surface area (Å²) in [6.07, 6.45) is 2.53. The van der Waals surface area contributed by atoms with Crippen LogP contribution in [-0.2, 0) is 13.0 Å². The summed E-state index contributed by atoms with van der Waals surface area (Å²) in [5, 5.41) is 15.4. The molecule has 0 unspecified atom stereocenters. The Morgan fingerprint density at radius 2 is 2.25 bits per heavy atom. The predicted octanol–water partition coefficient (Wildman–Crippen LogP) is 2.15. The van der Waals surface area contributed by atoms with Crippen LogP contribution in [0.1, 0.15) is 40.4 Å². The first kappa shape index (κ1) is 18.5. The number of halogens is 1. The van der Waals surface area contributed by atoms with Crippen molar-refractivity contribution in [3.8, 4) is 0 Å². The Hall–Kier alpha value is -2.87. The maximum absolute atomic E-state index is 12.5. The minimum atomic E-state index is -0.405. The van der Waals surface area contributed by atoms with Gasteiger partial charge in [-0.1, -0.05) is 30.7 Å². The molecule has 28 heavy (non-hydrogen) atoms. The van der Waals surface area contributed by atoms with E-state index >= 15 is 0 Å². The van der Waals surface area contributed by atoms with E-state index in [1.165, 1.54) is 4.68 Å². The van der Waals surface area contributed by atoms with Gasteiger partial charge in [-0.25, -0.2) is 4.68 Å². The van der Waals surface area contributed by atoms with Crippen molar-refractivity contribution < 1.29 is 9.59 Å². The molecule has 0 radical (unpaired) electrons. The van der Waals surface area contributed by atoms with E-state index in [1.807, 2.05) is 38.2 Å². The van der Waals surface area contributed by atoms with Crippen LogP contribution in [0.3, 0.4) is 0 Å². The summed E-state index contributed by atoms with van der Waals surface area (Å²) in [6, 6.07) is 5.63. The zero-order valence-electron chi connectivity index (χ0n) is 15.6. The Labute approximate surface area is 166 Å². The maximum Gasteiger partial charge on any atom is 0.274 e. The summed E-state index contributed by atoms with van der Waals surface area (Å²) in [4.78, 5) is 28.2. The SMILES string of the molecule is CC(C)[C@H]1Cn2nnc(C(=O)NCCc3c[nH]c4ccc(Cl)cc34)c2C(=O)N1. The van der Waals surface area contributed by atoms with Crippen LogP contribution in [-0.4, -0.2) is 44.4 Å². The number of nitrogens with one attached hydrogen (secondary N) is 3. The summed E-state index contributed by atoms with van der Waals surface area (Å²) >= 11 is 6.07. The lowest BCUT2D eigenvalue weighted by atomic mass is 10.0. The molecule has 0 saturated heterocycles. The molecular formula is C19H21ClN6O2. The molecule has 3 heterocycles. The number of aromatic nitrogens is 4. The fourth-order valence-corrected chi connectivity index (χ4v) is 3.59. The first-order chi connectivity index (χ1) is 13.4. The molecule has 1 atom stereocenters. The van der Waals surface area contributed by atoms with Gasteiger partial charge in [-0.05, 0) is 36.1 Å². The Bertz CT molecular complexity index is 1050. The Kier molecular flexibility index (Phi) is 4.80. The van der Waals surface area contributed by atoms with E-state index in [0.717, 1.165) is 16.5 Å². The molecule has 0 aliphatic carbocycles. The van der Waals surface area contributed by atoms with E-state index in [4.69, 9.17) is 11.6 Å². The number of fused-ring (bicyclic) bond motifs is 2. The zero-order valence-corrected chi connectivity index (χ0v) is 16.4. The minimum absolute atomic E-state index is 0.0219. The van der Waals surface area contributed by atoms with Crippen molar-refractivity contribution in [3.63, 3.8) is 0 Å². The third-order valence-corrected chi connectivity index (χ3v) is 5.30. The number of nitrogens with zero attached hydrogens (tertiary/aromatic N) is 3. The van der Waals surface area contributed by atoms with E-state index in [1.54, 1.807) is 0 Å². The van der Waals surface area contributed by atoms with Crippen LogP contribution in [0.4, 0.5) is 0 Å². The Morgan fingerprint density at radius 3 is 3.04 bits per heavy atom. The molecule has 0 bridgehead atoms. The van der Waals surface area contributed by atoms with Crippen LogP contribution >= 0.6 is 11.6 Å². The summed E-state index contributed by atoms with van der Waals surface area (Å²) in [7, 11) is 0. The molecule has 2 amide bonds. The first-order valence-electron chi connectivity index (χ1n) is 9.22. The Balaban J connectivity index is 1.44. The van der Waals surface area contributed by atoms with Crippen molar-refractivity contribution in [3.05, 3.63) is 46.4 Å². The highest BCUT2D eigenvalue weighted by atomic mass is 35.5. The summed E-state index contributed by atoms with van der Waals surface area (Å²) in [5.41, 5.74) is 2.32. The van der Waals surface area contributed by atoms with Crippen LogP contribution in [0, 0.1) is 5.92 Å². The quantitative estimate of drug-likeness (QED) is 0.610. The summed E-state index contributed by atoms with van der Waals surface area (Å²) in [6.45, 7) is 4.97. The predicted molar refractivity (Wildman–Crippen MR) is 105 cm³/mol. The number of rotatable bonds is 5. The number of carbonyl (C=O) groups is 2. The van der Waals surface area contributed by atoms with Crippen molar-refractivity contribution in [1.82, 2.24) is 30.6 Å². The summed E-state index contributed by atoms with van der Waals surface area (Å²) < 4.78 is 1.51. The third-order valence-electron chi connectivity index (χ3n) is 5.07. The molecule has 2 aromatic heterocycles. The van der Waals surface area contributed by atoms with Gasteiger partial charge in [0.2, 0.25) is 0 Å². The fraction of sp³-hybridized carbons (Fsp3) is 0.368. The van der Waals surface area contributed by atoms with Gasteiger partial charge in [-0.3, -0.25) is 9.59 Å². The Morgan fingerprint density at radius 1 is 1.43 bits per heavy atom. The number of hydrogen-bond acceptors (Lipinski definition) is 4. The van der Waals surface area contributed by atoms with E-state index in [9.17, 15) is 9.59 Å². The lowest BCUT2D eigenvalue weighted by molar-refractivity contribution is 0.0862. The monoisotopic (exact) mass is 400 g/mol. The molecule has 3 aromatic rings. The van der Waals surface area contributed by atoms with E-state index in [0.29, 0.717) is 24.5 Å². The number of hydrogen-bond donors (Lipinski definition) is 3. The highest BCUT2D eigenvalue weighted by Crippen LogP contribution is 2.22. The topological polar surface area (TPSA) is 105 Å². The second kappa shape index (κ2) is 7.27. The molecule has 0 fully saturated rings. The van der Waals surface area contributed by atoms with E-state index in [2.05, 4.69) is 25.9 Å². The van der Waals surface area contributed by atoms with E-state index in [-0.39, 0.29) is 29.3 Å². The molecule has 0 spiro atoms. The normalized spacial score (nSPS) is 16.3. The lowest BCUT2D eigenvalue weighted by Crippen LogP contribution is -2.48.